The second-order valence-electron chi connectivity index (χ2n) is 8.22. The third-order valence-electron chi connectivity index (χ3n) is 5.01. The Bertz CT molecular complexity index is 946. The van der Waals surface area contributed by atoms with Crippen LogP contribution in [-0.4, -0.2) is 23.3 Å². The molecule has 162 valence electrons. The van der Waals surface area contributed by atoms with Crippen LogP contribution in [-0.2, 0) is 4.79 Å². The standard InChI is InChI=1S/C25H31FO4/c1-8-29-23-14-22-18(13-20(15(2)3)25(6,7)30-22)12-19(23)17(5)21(26)10-9-16(4)11-24(27)28/h9-15H,8H2,1-7H3,(H,27,28). The van der Waals surface area contributed by atoms with Crippen LogP contribution in [0, 0.1) is 5.92 Å². The summed E-state index contributed by atoms with van der Waals surface area (Å²) in [5, 5.41) is 8.79. The summed E-state index contributed by atoms with van der Waals surface area (Å²) in [5.41, 5.74) is 3.11. The topological polar surface area (TPSA) is 55.8 Å². The molecule has 4 nitrogen and oxygen atoms in total. The number of halogens is 1. The molecule has 1 aromatic carbocycles. The van der Waals surface area contributed by atoms with Crippen molar-refractivity contribution in [2.75, 3.05) is 6.61 Å². The highest BCUT2D eigenvalue weighted by Gasteiger charge is 2.32. The van der Waals surface area contributed by atoms with E-state index < -0.39 is 17.4 Å². The molecule has 5 heteroatoms. The van der Waals surface area contributed by atoms with E-state index in [1.54, 1.807) is 13.8 Å². The van der Waals surface area contributed by atoms with E-state index in [-0.39, 0.29) is 0 Å². The van der Waals surface area contributed by atoms with E-state index in [0.29, 0.717) is 40.7 Å². The Morgan fingerprint density at radius 2 is 1.93 bits per heavy atom. The monoisotopic (exact) mass is 414 g/mol. The predicted molar refractivity (Wildman–Crippen MR) is 119 cm³/mol. The first-order valence-corrected chi connectivity index (χ1v) is 10.1. The summed E-state index contributed by atoms with van der Waals surface area (Å²) in [6.07, 6.45) is 5.85. The summed E-state index contributed by atoms with van der Waals surface area (Å²) >= 11 is 0. The molecular formula is C25H31FO4. The Hall–Kier alpha value is -2.82. The van der Waals surface area contributed by atoms with Crippen LogP contribution in [0.4, 0.5) is 4.39 Å². The van der Waals surface area contributed by atoms with Gasteiger partial charge in [0.2, 0.25) is 0 Å². The van der Waals surface area contributed by atoms with Crippen molar-refractivity contribution in [1.29, 1.82) is 0 Å². The second-order valence-corrected chi connectivity index (χ2v) is 8.22. The number of benzene rings is 1. The fourth-order valence-electron chi connectivity index (χ4n) is 3.59. The summed E-state index contributed by atoms with van der Waals surface area (Å²) in [5.74, 6) is 0.0396. The Morgan fingerprint density at radius 1 is 1.27 bits per heavy atom. The van der Waals surface area contributed by atoms with Crippen LogP contribution in [0.15, 0.2) is 47.3 Å². The minimum atomic E-state index is -1.07. The average molecular weight is 415 g/mol. The van der Waals surface area contributed by atoms with Gasteiger partial charge in [0.15, 0.2) is 0 Å². The molecule has 0 unspecified atom stereocenters. The molecule has 0 saturated carbocycles. The van der Waals surface area contributed by atoms with E-state index in [0.717, 1.165) is 11.6 Å². The third kappa shape index (κ3) is 5.41. The first-order chi connectivity index (χ1) is 14.0. The van der Waals surface area contributed by atoms with Gasteiger partial charge in [-0.05, 0) is 75.5 Å². The van der Waals surface area contributed by atoms with Gasteiger partial charge in [0, 0.05) is 23.3 Å². The van der Waals surface area contributed by atoms with Crippen molar-refractivity contribution in [3.05, 3.63) is 58.5 Å². The number of ether oxygens (including phenoxy) is 2. The van der Waals surface area contributed by atoms with Gasteiger partial charge in [0.1, 0.15) is 22.9 Å². The van der Waals surface area contributed by atoms with Crippen molar-refractivity contribution in [3.63, 3.8) is 0 Å². The number of fused-ring (bicyclic) bond motifs is 1. The molecule has 0 fully saturated rings. The Kier molecular flexibility index (Phi) is 7.30. The van der Waals surface area contributed by atoms with Crippen molar-refractivity contribution in [1.82, 2.24) is 0 Å². The fraction of sp³-hybridized carbons (Fsp3) is 0.400. The largest absolute Gasteiger partial charge is 0.493 e. The van der Waals surface area contributed by atoms with Gasteiger partial charge in [-0.2, -0.15) is 0 Å². The van der Waals surface area contributed by atoms with Crippen molar-refractivity contribution < 1.29 is 23.8 Å². The van der Waals surface area contributed by atoms with Crippen LogP contribution in [0.3, 0.4) is 0 Å². The maximum Gasteiger partial charge on any atom is 0.328 e. The molecule has 0 spiro atoms. The molecule has 2 rings (SSSR count). The molecule has 0 atom stereocenters. The van der Waals surface area contributed by atoms with Gasteiger partial charge in [-0.15, -0.1) is 0 Å². The predicted octanol–water partition coefficient (Wildman–Crippen LogP) is 6.58. The normalized spacial score (nSPS) is 16.7. The number of carboxylic acids is 1. The minimum Gasteiger partial charge on any atom is -0.493 e. The van der Waals surface area contributed by atoms with Gasteiger partial charge in [-0.25, -0.2) is 9.18 Å². The lowest BCUT2D eigenvalue weighted by Crippen LogP contribution is -2.35. The zero-order chi connectivity index (χ0) is 22.6. The highest BCUT2D eigenvalue weighted by Crippen LogP contribution is 2.43. The zero-order valence-corrected chi connectivity index (χ0v) is 18.8. The zero-order valence-electron chi connectivity index (χ0n) is 18.8. The maximum absolute atomic E-state index is 14.9. The van der Waals surface area contributed by atoms with Crippen LogP contribution in [0.25, 0.3) is 11.6 Å². The average Bonchev–Trinajstić information content (AvgIpc) is 2.63. The molecule has 1 N–H and O–H groups in total. The lowest BCUT2D eigenvalue weighted by Gasteiger charge is -2.36. The van der Waals surface area contributed by atoms with Crippen molar-refractivity contribution in [3.8, 4) is 11.5 Å². The summed E-state index contributed by atoms with van der Waals surface area (Å²) in [6.45, 7) is 13.9. The van der Waals surface area contributed by atoms with Crippen LogP contribution in [0.2, 0.25) is 0 Å². The van der Waals surface area contributed by atoms with Crippen LogP contribution in [0.5, 0.6) is 11.5 Å². The number of carboxylic acid groups (broad SMARTS) is 1. The molecule has 0 aliphatic carbocycles. The Balaban J connectivity index is 2.57. The van der Waals surface area contributed by atoms with Gasteiger partial charge in [0.25, 0.3) is 0 Å². The van der Waals surface area contributed by atoms with E-state index in [2.05, 4.69) is 19.9 Å². The lowest BCUT2D eigenvalue weighted by atomic mass is 9.84. The van der Waals surface area contributed by atoms with Gasteiger partial charge in [-0.3, -0.25) is 0 Å². The van der Waals surface area contributed by atoms with Crippen molar-refractivity contribution in [2.45, 2.75) is 54.1 Å². The molecule has 1 aliphatic heterocycles. The van der Waals surface area contributed by atoms with Gasteiger partial charge < -0.3 is 14.6 Å². The van der Waals surface area contributed by atoms with Gasteiger partial charge >= 0.3 is 5.97 Å². The molecule has 0 bridgehead atoms. The molecule has 1 aromatic rings. The first kappa shape index (κ1) is 23.5. The molecule has 0 saturated heterocycles. The Labute approximate surface area is 178 Å². The number of carbonyl (C=O) groups is 1. The summed E-state index contributed by atoms with van der Waals surface area (Å²) in [6, 6.07) is 3.71. The van der Waals surface area contributed by atoms with E-state index in [1.807, 2.05) is 32.9 Å². The van der Waals surface area contributed by atoms with E-state index in [4.69, 9.17) is 14.6 Å². The molecule has 0 radical (unpaired) electrons. The smallest absolute Gasteiger partial charge is 0.328 e. The molecule has 0 amide bonds. The second kappa shape index (κ2) is 9.33. The van der Waals surface area contributed by atoms with E-state index in [1.165, 1.54) is 17.7 Å². The highest BCUT2D eigenvalue weighted by atomic mass is 19.1. The third-order valence-corrected chi connectivity index (χ3v) is 5.01. The molecule has 30 heavy (non-hydrogen) atoms. The Morgan fingerprint density at radius 3 is 2.50 bits per heavy atom. The summed E-state index contributed by atoms with van der Waals surface area (Å²) in [4.78, 5) is 10.7. The number of hydrogen-bond donors (Lipinski definition) is 1. The molecular weight excluding hydrogens is 383 g/mol. The molecule has 1 heterocycles. The SMILES string of the molecule is CCOc1cc2c(cc1C(C)=C(F)C=CC(C)=CC(=O)O)C=C(C(C)C)C(C)(C)O2. The van der Waals surface area contributed by atoms with Gasteiger partial charge in [0.05, 0.1) is 6.61 Å². The van der Waals surface area contributed by atoms with Crippen LogP contribution in [0.1, 0.15) is 59.6 Å². The first-order valence-electron chi connectivity index (χ1n) is 10.1. The van der Waals surface area contributed by atoms with Gasteiger partial charge in [-0.1, -0.05) is 19.9 Å². The number of hydrogen-bond acceptors (Lipinski definition) is 3. The summed E-state index contributed by atoms with van der Waals surface area (Å²) < 4.78 is 26.9. The van der Waals surface area contributed by atoms with Crippen molar-refractivity contribution in [2.24, 2.45) is 5.92 Å². The van der Waals surface area contributed by atoms with E-state index in [9.17, 15) is 9.18 Å². The van der Waals surface area contributed by atoms with Crippen LogP contribution < -0.4 is 9.47 Å². The van der Waals surface area contributed by atoms with E-state index >= 15 is 0 Å². The minimum absolute atomic E-state index is 0.309. The number of allylic oxidation sites excluding steroid dienone is 5. The van der Waals surface area contributed by atoms with Crippen molar-refractivity contribution >= 4 is 17.6 Å². The number of rotatable bonds is 7. The highest BCUT2D eigenvalue weighted by molar-refractivity contribution is 5.81. The quantitative estimate of drug-likeness (QED) is 0.404. The molecule has 1 aliphatic rings. The fourth-order valence-corrected chi connectivity index (χ4v) is 3.59. The number of aliphatic carboxylic acids is 1. The van der Waals surface area contributed by atoms with Crippen LogP contribution >= 0.6 is 0 Å². The summed E-state index contributed by atoms with van der Waals surface area (Å²) in [7, 11) is 0. The maximum atomic E-state index is 14.9. The lowest BCUT2D eigenvalue weighted by molar-refractivity contribution is -0.131. The molecule has 0 aromatic heterocycles.